The molecule has 0 fully saturated rings. The van der Waals surface area contributed by atoms with Crippen LogP contribution in [-0.2, 0) is 26.2 Å². The number of benzene rings is 1. The van der Waals surface area contributed by atoms with E-state index in [4.69, 9.17) is 5.11 Å². The van der Waals surface area contributed by atoms with E-state index in [1.807, 2.05) is 0 Å². The fraction of sp³-hybridized carbons (Fsp3) is 0.188. The number of hydrogen-bond acceptors (Lipinski definition) is 1. The third kappa shape index (κ3) is 3.89. The van der Waals surface area contributed by atoms with Crippen molar-refractivity contribution in [3.05, 3.63) is 59.7 Å². The summed E-state index contributed by atoms with van der Waals surface area (Å²) in [4.78, 5) is 0. The van der Waals surface area contributed by atoms with E-state index in [-0.39, 0.29) is 57.6 Å². The van der Waals surface area contributed by atoms with Crippen LogP contribution in [0, 0.1) is 0 Å². The van der Waals surface area contributed by atoms with Gasteiger partial charge in [-0.2, -0.15) is 0 Å². The van der Waals surface area contributed by atoms with Gasteiger partial charge < -0.3 is 29.9 Å². The number of aliphatic hydroxyl groups excluding tert-OH is 1. The summed E-state index contributed by atoms with van der Waals surface area (Å²) in [6.07, 6.45) is 6.07. The minimum Gasteiger partial charge on any atom is -1.00 e. The number of halogens is 2. The Labute approximate surface area is 151 Å². The van der Waals surface area contributed by atoms with Crippen molar-refractivity contribution in [2.45, 2.75) is 12.8 Å². The van der Waals surface area contributed by atoms with Crippen LogP contribution < -0.4 is 24.8 Å². The van der Waals surface area contributed by atoms with Crippen LogP contribution in [0.4, 0.5) is 0 Å². The largest absolute Gasteiger partial charge is 3.00 e. The van der Waals surface area contributed by atoms with Gasteiger partial charge in [-0.3, -0.25) is 0 Å². The minimum absolute atomic E-state index is 0. The molecule has 20 heavy (non-hydrogen) atoms. The Morgan fingerprint density at radius 2 is 1.90 bits per heavy atom. The second-order valence-corrected chi connectivity index (χ2v) is 4.46. The number of hydrogen-bond donors (Lipinski definition) is 1. The topological polar surface area (TPSA) is 20.2 Å². The Morgan fingerprint density at radius 1 is 1.15 bits per heavy atom. The SMILES string of the molecule is OCCC1=C(c2cc3ccccc3[cH-]2)CC=C1.[Cl-].[Cl-].[Zr+3]. The van der Waals surface area contributed by atoms with Gasteiger partial charge in [0.25, 0.3) is 0 Å². The molecular weight excluding hydrogens is 370 g/mol. The van der Waals surface area contributed by atoms with Gasteiger partial charge >= 0.3 is 26.2 Å². The number of allylic oxidation sites excluding steroid dienone is 3. The van der Waals surface area contributed by atoms with E-state index in [1.165, 1.54) is 27.5 Å². The van der Waals surface area contributed by atoms with Gasteiger partial charge in [0.1, 0.15) is 0 Å². The summed E-state index contributed by atoms with van der Waals surface area (Å²) in [6.45, 7) is 0.226. The van der Waals surface area contributed by atoms with Crippen LogP contribution in [0.1, 0.15) is 18.4 Å². The summed E-state index contributed by atoms with van der Waals surface area (Å²) in [5, 5.41) is 11.7. The van der Waals surface area contributed by atoms with Gasteiger partial charge in [-0.05, 0) is 12.8 Å². The third-order valence-electron chi connectivity index (χ3n) is 3.38. The predicted octanol–water partition coefficient (Wildman–Crippen LogP) is -2.34. The van der Waals surface area contributed by atoms with Gasteiger partial charge in [0.05, 0.1) is 0 Å². The van der Waals surface area contributed by atoms with Gasteiger partial charge in [-0.15, -0.1) is 34.5 Å². The van der Waals surface area contributed by atoms with Gasteiger partial charge in [0.15, 0.2) is 0 Å². The summed E-state index contributed by atoms with van der Waals surface area (Å²) in [5.74, 6) is 0. The zero-order valence-corrected chi connectivity index (χ0v) is 14.9. The van der Waals surface area contributed by atoms with Crippen LogP contribution in [0.3, 0.4) is 0 Å². The van der Waals surface area contributed by atoms with Crippen LogP contribution in [0.2, 0.25) is 0 Å². The molecule has 0 bridgehead atoms. The number of aliphatic hydroxyl groups is 1. The molecule has 1 nitrogen and oxygen atoms in total. The van der Waals surface area contributed by atoms with Crippen LogP contribution in [0.15, 0.2) is 54.1 Å². The molecule has 0 aliphatic heterocycles. The average Bonchev–Trinajstić information content (AvgIpc) is 2.94. The Hall–Kier alpha value is -0.267. The zero-order chi connectivity index (χ0) is 11.7. The van der Waals surface area contributed by atoms with Gasteiger partial charge in [0.2, 0.25) is 0 Å². The summed E-state index contributed by atoms with van der Waals surface area (Å²) in [7, 11) is 0. The molecule has 0 atom stereocenters. The molecule has 0 aromatic heterocycles. The van der Waals surface area contributed by atoms with Gasteiger partial charge in [0, 0.05) is 6.61 Å². The standard InChI is InChI=1S/C16H15O.2ClH.Zr/c17-9-8-12-6-3-7-16(12)15-10-13-4-1-2-5-14(13)11-15;;;/h1-6,10-11,17H,7-9H2;2*1H;/q-1;;;+3/p-2. The molecule has 2 aromatic rings. The quantitative estimate of drug-likeness (QED) is 0.588. The molecule has 4 heteroatoms. The fourth-order valence-corrected chi connectivity index (χ4v) is 2.53. The number of rotatable bonds is 3. The fourth-order valence-electron chi connectivity index (χ4n) is 2.53. The Balaban J connectivity index is 0.00000120. The van der Waals surface area contributed by atoms with Crippen molar-refractivity contribution in [3.63, 3.8) is 0 Å². The molecule has 103 valence electrons. The molecule has 1 aliphatic carbocycles. The number of fused-ring (bicyclic) bond motifs is 1. The van der Waals surface area contributed by atoms with E-state index in [9.17, 15) is 0 Å². The first kappa shape index (κ1) is 19.7. The first-order chi connectivity index (χ1) is 8.38. The van der Waals surface area contributed by atoms with Crippen LogP contribution >= 0.6 is 0 Å². The van der Waals surface area contributed by atoms with E-state index in [0.29, 0.717) is 0 Å². The Kier molecular flexibility index (Phi) is 8.78. The summed E-state index contributed by atoms with van der Waals surface area (Å²) < 4.78 is 0. The van der Waals surface area contributed by atoms with E-state index in [2.05, 4.69) is 48.6 Å². The van der Waals surface area contributed by atoms with Crippen molar-refractivity contribution in [1.29, 1.82) is 0 Å². The van der Waals surface area contributed by atoms with Crippen molar-refractivity contribution in [3.8, 4) is 0 Å². The molecule has 1 aliphatic rings. The van der Waals surface area contributed by atoms with Crippen molar-refractivity contribution in [2.75, 3.05) is 6.61 Å². The maximum atomic E-state index is 9.06. The van der Waals surface area contributed by atoms with Crippen LogP contribution in [0.5, 0.6) is 0 Å². The molecule has 2 aromatic carbocycles. The van der Waals surface area contributed by atoms with Crippen molar-refractivity contribution < 1.29 is 56.1 Å². The summed E-state index contributed by atoms with van der Waals surface area (Å²) in [5.41, 5.74) is 3.96. The molecule has 0 spiro atoms. The molecule has 1 radical (unpaired) electrons. The third-order valence-corrected chi connectivity index (χ3v) is 3.38. The van der Waals surface area contributed by atoms with E-state index in [0.717, 1.165) is 12.8 Å². The molecule has 0 saturated carbocycles. The molecular formula is C16H15Cl2OZr. The van der Waals surface area contributed by atoms with Gasteiger partial charge in [-0.1, -0.05) is 41.5 Å². The molecule has 0 heterocycles. The maximum absolute atomic E-state index is 9.06. The Morgan fingerprint density at radius 3 is 2.60 bits per heavy atom. The monoisotopic (exact) mass is 383 g/mol. The first-order valence-electron chi connectivity index (χ1n) is 6.04. The smallest absolute Gasteiger partial charge is 1.00 e. The minimum atomic E-state index is 0. The molecule has 0 amide bonds. The van der Waals surface area contributed by atoms with Crippen LogP contribution in [-0.4, -0.2) is 11.7 Å². The summed E-state index contributed by atoms with van der Waals surface area (Å²) in [6, 6.07) is 12.9. The molecule has 3 rings (SSSR count). The van der Waals surface area contributed by atoms with E-state index >= 15 is 0 Å². The molecule has 0 saturated heterocycles. The van der Waals surface area contributed by atoms with Crippen molar-refractivity contribution in [1.82, 2.24) is 0 Å². The van der Waals surface area contributed by atoms with Crippen LogP contribution in [0.25, 0.3) is 16.3 Å². The second kappa shape index (κ2) is 8.90. The van der Waals surface area contributed by atoms with Gasteiger partial charge in [-0.25, -0.2) is 0 Å². The van der Waals surface area contributed by atoms with Crippen molar-refractivity contribution in [2.24, 2.45) is 0 Å². The second-order valence-electron chi connectivity index (χ2n) is 4.46. The maximum Gasteiger partial charge on any atom is 3.00 e. The normalized spacial score (nSPS) is 12.8. The molecule has 1 N–H and O–H groups in total. The van der Waals surface area contributed by atoms with E-state index in [1.54, 1.807) is 0 Å². The molecule has 0 unspecified atom stereocenters. The predicted molar refractivity (Wildman–Crippen MR) is 71.9 cm³/mol. The first-order valence-corrected chi connectivity index (χ1v) is 6.04. The Bertz CT molecular complexity index is 581. The zero-order valence-electron chi connectivity index (χ0n) is 10.9. The summed E-state index contributed by atoms with van der Waals surface area (Å²) >= 11 is 0. The van der Waals surface area contributed by atoms with Crippen molar-refractivity contribution >= 4 is 16.3 Å². The average molecular weight is 385 g/mol. The van der Waals surface area contributed by atoms with E-state index < -0.39 is 0 Å².